The van der Waals surface area contributed by atoms with E-state index < -0.39 is 12.0 Å². The molecule has 1 fully saturated rings. The number of halogens is 2. The number of nitrogens with one attached hydrogen (secondary N) is 1. The molecule has 0 aliphatic carbocycles. The molecule has 3 rings (SSSR count). The van der Waals surface area contributed by atoms with Gasteiger partial charge in [-0.15, -0.1) is 0 Å². The first kappa shape index (κ1) is 14.9. The van der Waals surface area contributed by atoms with Crippen molar-refractivity contribution in [3.63, 3.8) is 0 Å². The van der Waals surface area contributed by atoms with Crippen molar-refractivity contribution < 1.29 is 23.4 Å². The van der Waals surface area contributed by atoms with E-state index in [9.17, 15) is 13.6 Å². The molecule has 2 heterocycles. The number of fused-ring (bicyclic) bond motifs is 1. The van der Waals surface area contributed by atoms with Crippen LogP contribution in [0.3, 0.4) is 0 Å². The van der Waals surface area contributed by atoms with Crippen molar-refractivity contribution in [2.24, 2.45) is 0 Å². The molecule has 22 heavy (non-hydrogen) atoms. The fourth-order valence-corrected chi connectivity index (χ4v) is 2.92. The highest BCUT2D eigenvalue weighted by molar-refractivity contribution is 5.65. The number of carbonyl (C=O) groups is 1. The Hall–Kier alpha value is -2.05. The molecule has 0 spiro atoms. The number of alkyl halides is 2. The number of amides is 1. The van der Waals surface area contributed by atoms with Crippen molar-refractivity contribution in [1.29, 1.82) is 0 Å². The summed E-state index contributed by atoms with van der Waals surface area (Å²) in [7, 11) is 0. The van der Waals surface area contributed by atoms with E-state index >= 15 is 0 Å². The Morgan fingerprint density at radius 1 is 1.36 bits per heavy atom. The van der Waals surface area contributed by atoms with Crippen LogP contribution in [0.15, 0.2) is 18.2 Å². The van der Waals surface area contributed by atoms with E-state index in [1.807, 2.05) is 23.1 Å². The number of hydrogen-bond donors (Lipinski definition) is 2. The van der Waals surface area contributed by atoms with Crippen LogP contribution in [0, 0.1) is 0 Å². The summed E-state index contributed by atoms with van der Waals surface area (Å²) in [6.45, 7) is 0.935. The van der Waals surface area contributed by atoms with Crippen LogP contribution in [0.5, 0.6) is 5.75 Å². The molecule has 120 valence electrons. The fourth-order valence-electron chi connectivity index (χ4n) is 2.92. The SMILES string of the molecule is O=C(O)N[C@H]1COc2cc(N3CCC(F)(F)CC3)ccc2C1. The van der Waals surface area contributed by atoms with Gasteiger partial charge in [0.1, 0.15) is 12.4 Å². The molecule has 1 atom stereocenters. The van der Waals surface area contributed by atoms with Gasteiger partial charge in [0.2, 0.25) is 0 Å². The Kier molecular flexibility index (Phi) is 3.80. The number of rotatable bonds is 2. The van der Waals surface area contributed by atoms with Crippen LogP contribution < -0.4 is 15.0 Å². The van der Waals surface area contributed by atoms with Gasteiger partial charge in [-0.2, -0.15) is 0 Å². The van der Waals surface area contributed by atoms with Gasteiger partial charge in [0.15, 0.2) is 0 Å². The summed E-state index contributed by atoms with van der Waals surface area (Å²) in [4.78, 5) is 12.6. The van der Waals surface area contributed by atoms with Crippen LogP contribution >= 0.6 is 0 Å². The molecule has 0 saturated carbocycles. The Labute approximate surface area is 126 Å². The predicted molar refractivity (Wildman–Crippen MR) is 77.0 cm³/mol. The largest absolute Gasteiger partial charge is 0.491 e. The first-order chi connectivity index (χ1) is 10.4. The van der Waals surface area contributed by atoms with Gasteiger partial charge in [-0.05, 0) is 18.1 Å². The van der Waals surface area contributed by atoms with Crippen LogP contribution in [0.4, 0.5) is 19.3 Å². The van der Waals surface area contributed by atoms with Crippen molar-refractivity contribution in [2.45, 2.75) is 31.2 Å². The van der Waals surface area contributed by atoms with Gasteiger partial charge >= 0.3 is 6.09 Å². The molecule has 2 aliphatic heterocycles. The molecule has 1 saturated heterocycles. The van der Waals surface area contributed by atoms with E-state index in [1.165, 1.54) is 0 Å². The maximum absolute atomic E-state index is 13.2. The molecule has 5 nitrogen and oxygen atoms in total. The number of nitrogens with zero attached hydrogens (tertiary/aromatic N) is 1. The van der Waals surface area contributed by atoms with Crippen molar-refractivity contribution in [3.8, 4) is 5.75 Å². The second kappa shape index (κ2) is 5.62. The highest BCUT2D eigenvalue weighted by Gasteiger charge is 2.34. The van der Waals surface area contributed by atoms with E-state index in [1.54, 1.807) is 0 Å². The summed E-state index contributed by atoms with van der Waals surface area (Å²) >= 11 is 0. The normalized spacial score (nSPS) is 23.4. The average Bonchev–Trinajstić information content (AvgIpc) is 2.46. The maximum atomic E-state index is 13.2. The number of piperidine rings is 1. The van der Waals surface area contributed by atoms with Crippen molar-refractivity contribution in [3.05, 3.63) is 23.8 Å². The lowest BCUT2D eigenvalue weighted by Crippen LogP contribution is -2.42. The Morgan fingerprint density at radius 3 is 2.77 bits per heavy atom. The molecule has 2 aliphatic rings. The minimum absolute atomic E-state index is 0.129. The third kappa shape index (κ3) is 3.23. The van der Waals surface area contributed by atoms with Gasteiger partial charge in [0, 0.05) is 37.7 Å². The van der Waals surface area contributed by atoms with Crippen molar-refractivity contribution in [2.75, 3.05) is 24.6 Å². The molecular formula is C15H18F2N2O3. The minimum atomic E-state index is -2.56. The van der Waals surface area contributed by atoms with Crippen LogP contribution in [0.1, 0.15) is 18.4 Å². The Bertz CT molecular complexity index is 570. The summed E-state index contributed by atoms with van der Waals surface area (Å²) in [6.07, 6.45) is -0.756. The second-order valence-corrected chi connectivity index (χ2v) is 5.80. The molecule has 0 unspecified atom stereocenters. The van der Waals surface area contributed by atoms with E-state index in [0.29, 0.717) is 25.3 Å². The van der Waals surface area contributed by atoms with Crippen molar-refractivity contribution in [1.82, 2.24) is 5.32 Å². The number of anilines is 1. The van der Waals surface area contributed by atoms with E-state index in [-0.39, 0.29) is 25.5 Å². The zero-order chi connectivity index (χ0) is 15.7. The Balaban J connectivity index is 1.69. The molecule has 0 radical (unpaired) electrons. The summed E-state index contributed by atoms with van der Waals surface area (Å²) in [5.74, 6) is -1.85. The van der Waals surface area contributed by atoms with Crippen LogP contribution in [0.25, 0.3) is 0 Å². The van der Waals surface area contributed by atoms with Gasteiger partial charge in [-0.1, -0.05) is 6.07 Å². The summed E-state index contributed by atoms with van der Waals surface area (Å²) in [5.41, 5.74) is 1.80. The van der Waals surface area contributed by atoms with Gasteiger partial charge in [-0.25, -0.2) is 13.6 Å². The van der Waals surface area contributed by atoms with Crippen LogP contribution in [-0.4, -0.2) is 42.9 Å². The van der Waals surface area contributed by atoms with Gasteiger partial charge < -0.3 is 20.1 Å². The second-order valence-electron chi connectivity index (χ2n) is 5.80. The van der Waals surface area contributed by atoms with E-state index in [2.05, 4.69) is 5.32 Å². The number of ether oxygens (including phenoxy) is 1. The molecule has 1 aromatic carbocycles. The van der Waals surface area contributed by atoms with Gasteiger partial charge in [-0.3, -0.25) is 0 Å². The van der Waals surface area contributed by atoms with E-state index in [4.69, 9.17) is 9.84 Å². The van der Waals surface area contributed by atoms with Gasteiger partial charge in [0.25, 0.3) is 5.92 Å². The third-order valence-electron chi connectivity index (χ3n) is 4.14. The third-order valence-corrected chi connectivity index (χ3v) is 4.14. The molecule has 0 bridgehead atoms. The fraction of sp³-hybridized carbons (Fsp3) is 0.533. The summed E-state index contributed by atoms with van der Waals surface area (Å²) < 4.78 is 32.0. The molecule has 2 N–H and O–H groups in total. The summed E-state index contributed by atoms with van der Waals surface area (Å²) in [5, 5.41) is 11.1. The molecule has 0 aromatic heterocycles. The smallest absolute Gasteiger partial charge is 0.405 e. The first-order valence-electron chi connectivity index (χ1n) is 7.31. The predicted octanol–water partition coefficient (Wildman–Crippen LogP) is 2.49. The quantitative estimate of drug-likeness (QED) is 0.881. The molecule has 1 aromatic rings. The lowest BCUT2D eigenvalue weighted by atomic mass is 10.0. The standard InChI is InChI=1S/C15H18F2N2O3/c16-15(17)3-5-19(6-4-15)12-2-1-10-7-11(18-14(20)21)9-22-13(10)8-12/h1-2,8,11,18H,3-7,9H2,(H,20,21)/t11-/m1/s1. The molecular weight excluding hydrogens is 294 g/mol. The topological polar surface area (TPSA) is 61.8 Å². The molecule has 7 heteroatoms. The lowest BCUT2D eigenvalue weighted by molar-refractivity contribution is -0.0220. The summed E-state index contributed by atoms with van der Waals surface area (Å²) in [6, 6.07) is 5.36. The minimum Gasteiger partial charge on any atom is -0.491 e. The average molecular weight is 312 g/mol. The highest BCUT2D eigenvalue weighted by Crippen LogP contribution is 2.34. The molecule has 1 amide bonds. The number of benzene rings is 1. The number of carboxylic acid groups (broad SMARTS) is 1. The maximum Gasteiger partial charge on any atom is 0.405 e. The van der Waals surface area contributed by atoms with Crippen molar-refractivity contribution >= 4 is 11.8 Å². The Morgan fingerprint density at radius 2 is 2.09 bits per heavy atom. The monoisotopic (exact) mass is 312 g/mol. The van der Waals surface area contributed by atoms with E-state index in [0.717, 1.165) is 11.3 Å². The van der Waals surface area contributed by atoms with Crippen LogP contribution in [-0.2, 0) is 6.42 Å². The zero-order valence-electron chi connectivity index (χ0n) is 12.0. The number of hydrogen-bond acceptors (Lipinski definition) is 3. The highest BCUT2D eigenvalue weighted by atomic mass is 19.3. The first-order valence-corrected chi connectivity index (χ1v) is 7.31. The van der Waals surface area contributed by atoms with Gasteiger partial charge in [0.05, 0.1) is 6.04 Å². The van der Waals surface area contributed by atoms with Crippen LogP contribution in [0.2, 0.25) is 0 Å². The zero-order valence-corrected chi connectivity index (χ0v) is 12.0. The lowest BCUT2D eigenvalue weighted by Gasteiger charge is -2.34.